The maximum Gasteiger partial charge on any atom is 0.232 e. The second kappa shape index (κ2) is 5.51. The van der Waals surface area contributed by atoms with Gasteiger partial charge in [0, 0.05) is 12.1 Å². The fourth-order valence-electron chi connectivity index (χ4n) is 2.20. The summed E-state index contributed by atoms with van der Waals surface area (Å²) < 4.78 is 5.87. The molecular formula is C12H17ClN2O. The van der Waals surface area contributed by atoms with Crippen molar-refractivity contribution < 1.29 is 4.74 Å². The van der Waals surface area contributed by atoms with Gasteiger partial charge in [0.05, 0.1) is 0 Å². The van der Waals surface area contributed by atoms with Gasteiger partial charge in [0.15, 0.2) is 0 Å². The third-order valence-corrected chi connectivity index (χ3v) is 3.42. The van der Waals surface area contributed by atoms with Crippen molar-refractivity contribution in [2.24, 2.45) is 11.7 Å². The summed E-state index contributed by atoms with van der Waals surface area (Å²) in [6.45, 7) is 0.676. The van der Waals surface area contributed by atoms with E-state index >= 15 is 0 Å². The van der Waals surface area contributed by atoms with Gasteiger partial charge in [-0.3, -0.25) is 0 Å². The molecule has 0 radical (unpaired) electrons. The molecular weight excluding hydrogens is 224 g/mol. The minimum Gasteiger partial charge on any atom is -0.473 e. The fraction of sp³-hybridized carbons (Fsp3) is 0.583. The van der Waals surface area contributed by atoms with E-state index in [-0.39, 0.29) is 6.10 Å². The van der Waals surface area contributed by atoms with Crippen LogP contribution in [0.25, 0.3) is 0 Å². The van der Waals surface area contributed by atoms with Gasteiger partial charge < -0.3 is 10.5 Å². The Hall–Kier alpha value is -0.800. The molecule has 0 aromatic carbocycles. The van der Waals surface area contributed by atoms with Gasteiger partial charge in [-0.1, -0.05) is 18.0 Å². The highest BCUT2D eigenvalue weighted by molar-refractivity contribution is 6.31. The van der Waals surface area contributed by atoms with Gasteiger partial charge in [0.25, 0.3) is 0 Å². The van der Waals surface area contributed by atoms with E-state index in [4.69, 9.17) is 22.1 Å². The van der Waals surface area contributed by atoms with Crippen molar-refractivity contribution in [1.29, 1.82) is 0 Å². The highest BCUT2D eigenvalue weighted by Crippen LogP contribution is 2.29. The van der Waals surface area contributed by atoms with E-state index < -0.39 is 0 Å². The summed E-state index contributed by atoms with van der Waals surface area (Å²) in [6, 6.07) is 3.60. The number of nitrogens with zero attached hydrogens (tertiary/aromatic N) is 1. The van der Waals surface area contributed by atoms with Crippen LogP contribution in [0.3, 0.4) is 0 Å². The molecule has 2 N–H and O–H groups in total. The monoisotopic (exact) mass is 240 g/mol. The first kappa shape index (κ1) is 11.7. The molecule has 0 aliphatic heterocycles. The smallest absolute Gasteiger partial charge is 0.232 e. The number of aromatic nitrogens is 1. The summed E-state index contributed by atoms with van der Waals surface area (Å²) in [7, 11) is 0. The van der Waals surface area contributed by atoms with Gasteiger partial charge >= 0.3 is 0 Å². The van der Waals surface area contributed by atoms with E-state index in [0.717, 1.165) is 12.8 Å². The van der Waals surface area contributed by atoms with Crippen LogP contribution in [0.15, 0.2) is 18.3 Å². The van der Waals surface area contributed by atoms with Gasteiger partial charge in [-0.25, -0.2) is 4.98 Å². The van der Waals surface area contributed by atoms with Crippen LogP contribution in [0, 0.1) is 5.92 Å². The first-order valence-corrected chi connectivity index (χ1v) is 6.16. The Balaban J connectivity index is 2.05. The predicted octanol–water partition coefficient (Wildman–Crippen LogP) is 2.63. The zero-order valence-corrected chi connectivity index (χ0v) is 9.99. The van der Waals surface area contributed by atoms with Crippen molar-refractivity contribution >= 4 is 11.6 Å². The zero-order chi connectivity index (χ0) is 11.4. The summed E-state index contributed by atoms with van der Waals surface area (Å²) in [5, 5.41) is 0.573. The number of nitrogens with two attached hydrogens (primary N) is 1. The summed E-state index contributed by atoms with van der Waals surface area (Å²) in [5.74, 6) is 0.973. The highest BCUT2D eigenvalue weighted by atomic mass is 35.5. The molecule has 88 valence electrons. The maximum absolute atomic E-state index is 6.02. The van der Waals surface area contributed by atoms with Crippen LogP contribution in [0.2, 0.25) is 5.02 Å². The Kier molecular flexibility index (Phi) is 4.02. The molecule has 1 aliphatic carbocycles. The molecule has 16 heavy (non-hydrogen) atoms. The van der Waals surface area contributed by atoms with Gasteiger partial charge in [0.1, 0.15) is 11.1 Å². The second-order valence-corrected chi connectivity index (χ2v) is 4.63. The molecule has 0 bridgehead atoms. The predicted molar refractivity (Wildman–Crippen MR) is 64.7 cm³/mol. The van der Waals surface area contributed by atoms with E-state index in [0.29, 0.717) is 23.4 Å². The van der Waals surface area contributed by atoms with Crippen molar-refractivity contribution in [3.8, 4) is 5.88 Å². The third kappa shape index (κ3) is 2.66. The summed E-state index contributed by atoms with van der Waals surface area (Å²) in [4.78, 5) is 4.15. The average molecular weight is 241 g/mol. The Labute approximate surface area is 101 Å². The molecule has 3 nitrogen and oxygen atoms in total. The minimum atomic E-state index is 0.172. The number of rotatable bonds is 3. The van der Waals surface area contributed by atoms with Crippen molar-refractivity contribution in [1.82, 2.24) is 4.98 Å². The Morgan fingerprint density at radius 1 is 1.44 bits per heavy atom. The topological polar surface area (TPSA) is 48.1 Å². The molecule has 1 aromatic rings. The van der Waals surface area contributed by atoms with E-state index in [2.05, 4.69) is 4.98 Å². The van der Waals surface area contributed by atoms with E-state index in [1.54, 1.807) is 18.3 Å². The molecule has 2 atom stereocenters. The van der Waals surface area contributed by atoms with Crippen LogP contribution < -0.4 is 10.5 Å². The molecule has 0 spiro atoms. The van der Waals surface area contributed by atoms with E-state index in [1.807, 2.05) is 0 Å². The lowest BCUT2D eigenvalue weighted by atomic mass is 9.86. The molecule has 0 saturated heterocycles. The molecule has 1 aliphatic rings. The average Bonchev–Trinajstić information content (AvgIpc) is 2.33. The third-order valence-electron chi connectivity index (χ3n) is 3.13. The summed E-state index contributed by atoms with van der Waals surface area (Å²) >= 11 is 6.02. The fourth-order valence-corrected chi connectivity index (χ4v) is 2.37. The van der Waals surface area contributed by atoms with Crippen molar-refractivity contribution in [3.63, 3.8) is 0 Å². The number of ether oxygens (including phenoxy) is 1. The Morgan fingerprint density at radius 3 is 3.00 bits per heavy atom. The minimum absolute atomic E-state index is 0.172. The standard InChI is InChI=1S/C12H17ClN2O/c13-10-5-3-7-15-12(10)16-11-6-2-1-4-9(11)8-14/h3,5,7,9,11H,1-2,4,6,8,14H2. The molecule has 0 amide bonds. The lowest BCUT2D eigenvalue weighted by Crippen LogP contribution is -2.35. The van der Waals surface area contributed by atoms with Gasteiger partial charge in [0.2, 0.25) is 5.88 Å². The Bertz CT molecular complexity index is 346. The van der Waals surface area contributed by atoms with Crippen LogP contribution in [0.4, 0.5) is 0 Å². The normalized spacial score (nSPS) is 25.4. The van der Waals surface area contributed by atoms with Crippen LogP contribution in [0.1, 0.15) is 25.7 Å². The molecule has 2 unspecified atom stereocenters. The largest absolute Gasteiger partial charge is 0.473 e. The van der Waals surface area contributed by atoms with Gasteiger partial charge in [-0.15, -0.1) is 0 Å². The van der Waals surface area contributed by atoms with Crippen LogP contribution in [-0.4, -0.2) is 17.6 Å². The molecule has 2 rings (SSSR count). The summed E-state index contributed by atoms with van der Waals surface area (Å²) in [5.41, 5.74) is 5.75. The molecule has 4 heteroatoms. The number of hydrogen-bond acceptors (Lipinski definition) is 3. The van der Waals surface area contributed by atoms with Gasteiger partial charge in [-0.05, 0) is 37.9 Å². The van der Waals surface area contributed by atoms with Crippen molar-refractivity contribution in [3.05, 3.63) is 23.4 Å². The van der Waals surface area contributed by atoms with E-state index in [9.17, 15) is 0 Å². The SMILES string of the molecule is NCC1CCCCC1Oc1ncccc1Cl. The van der Waals surface area contributed by atoms with Crippen LogP contribution >= 0.6 is 11.6 Å². The highest BCUT2D eigenvalue weighted by Gasteiger charge is 2.26. The first-order chi connectivity index (χ1) is 7.81. The quantitative estimate of drug-likeness (QED) is 0.884. The lowest BCUT2D eigenvalue weighted by molar-refractivity contribution is 0.0924. The van der Waals surface area contributed by atoms with Crippen LogP contribution in [-0.2, 0) is 0 Å². The van der Waals surface area contributed by atoms with Crippen molar-refractivity contribution in [2.75, 3.05) is 6.54 Å². The molecule has 1 aromatic heterocycles. The number of pyridine rings is 1. The van der Waals surface area contributed by atoms with Gasteiger partial charge in [-0.2, -0.15) is 0 Å². The van der Waals surface area contributed by atoms with E-state index in [1.165, 1.54) is 12.8 Å². The number of hydrogen-bond donors (Lipinski definition) is 1. The van der Waals surface area contributed by atoms with Crippen molar-refractivity contribution in [2.45, 2.75) is 31.8 Å². The molecule has 1 saturated carbocycles. The first-order valence-electron chi connectivity index (χ1n) is 5.78. The zero-order valence-electron chi connectivity index (χ0n) is 9.23. The number of halogens is 1. The molecule has 1 heterocycles. The molecule has 1 fully saturated rings. The lowest BCUT2D eigenvalue weighted by Gasteiger charge is -2.30. The summed E-state index contributed by atoms with van der Waals surface area (Å²) in [6.07, 6.45) is 6.51. The Morgan fingerprint density at radius 2 is 2.25 bits per heavy atom. The second-order valence-electron chi connectivity index (χ2n) is 4.23. The maximum atomic E-state index is 6.02. The van der Waals surface area contributed by atoms with Crippen LogP contribution in [0.5, 0.6) is 5.88 Å².